The van der Waals surface area contributed by atoms with Crippen molar-refractivity contribution in [1.82, 2.24) is 0 Å². The van der Waals surface area contributed by atoms with Gasteiger partial charge in [-0.05, 0) is 89.9 Å². The summed E-state index contributed by atoms with van der Waals surface area (Å²) in [5, 5.41) is 0. The lowest BCUT2D eigenvalue weighted by molar-refractivity contribution is -0.161. The number of hydrogen-bond acceptors (Lipinski definition) is 8. The zero-order valence-corrected chi connectivity index (χ0v) is 46.6. The highest BCUT2D eigenvalue weighted by Gasteiger charge is 2.26. The third-order valence-corrected chi connectivity index (χ3v) is 13.2. The molecule has 0 aromatic rings. The molecule has 10 heteroatoms. The van der Waals surface area contributed by atoms with Crippen LogP contribution in [-0.4, -0.2) is 49.3 Å². The van der Waals surface area contributed by atoms with Crippen LogP contribution in [0.2, 0.25) is 0 Å². The maximum atomic E-state index is 12.7. The molecule has 0 saturated heterocycles. The van der Waals surface area contributed by atoms with E-state index in [-0.39, 0.29) is 38.6 Å². The number of rotatable bonds is 54. The predicted molar refractivity (Wildman–Crippen MR) is 302 cm³/mol. The quantitative estimate of drug-likeness (QED) is 0.0264. The highest BCUT2D eigenvalue weighted by molar-refractivity contribution is 7.47. The van der Waals surface area contributed by atoms with E-state index in [4.69, 9.17) is 24.3 Å². The van der Waals surface area contributed by atoms with E-state index in [0.717, 1.165) is 89.9 Å². The van der Waals surface area contributed by atoms with Crippen LogP contribution in [0.3, 0.4) is 0 Å². The zero-order valence-electron chi connectivity index (χ0n) is 45.7. The topological polar surface area (TPSA) is 134 Å². The number of carbonyl (C=O) groups excluding carboxylic acids is 2. The van der Waals surface area contributed by atoms with Gasteiger partial charge in [0.25, 0.3) is 0 Å². The van der Waals surface area contributed by atoms with Gasteiger partial charge in [-0.25, -0.2) is 4.57 Å². The fraction of sp³-hybridized carbons (Fsp3) is 0.738. The van der Waals surface area contributed by atoms with Gasteiger partial charge in [-0.1, -0.05) is 240 Å². The highest BCUT2D eigenvalue weighted by atomic mass is 31.2. The molecule has 410 valence electrons. The summed E-state index contributed by atoms with van der Waals surface area (Å²) in [6, 6.07) is 0. The van der Waals surface area contributed by atoms with E-state index >= 15 is 0 Å². The van der Waals surface area contributed by atoms with E-state index in [9.17, 15) is 19.0 Å². The van der Waals surface area contributed by atoms with Gasteiger partial charge in [0, 0.05) is 19.4 Å². The van der Waals surface area contributed by atoms with Crippen molar-refractivity contribution in [3.8, 4) is 0 Å². The average molecular weight is 1010 g/mol. The van der Waals surface area contributed by atoms with Crippen molar-refractivity contribution in [2.24, 2.45) is 5.73 Å². The molecule has 0 aromatic carbocycles. The molecule has 0 aliphatic carbocycles. The van der Waals surface area contributed by atoms with E-state index in [0.29, 0.717) is 6.42 Å². The molecule has 0 spiro atoms. The molecule has 0 radical (unpaired) electrons. The van der Waals surface area contributed by atoms with Crippen LogP contribution < -0.4 is 5.73 Å². The van der Waals surface area contributed by atoms with Gasteiger partial charge in [0.1, 0.15) is 6.61 Å². The number of esters is 2. The van der Waals surface area contributed by atoms with E-state index < -0.39 is 26.5 Å². The number of hydrogen-bond donors (Lipinski definition) is 2. The lowest BCUT2D eigenvalue weighted by Gasteiger charge is -2.19. The van der Waals surface area contributed by atoms with Crippen LogP contribution in [0.25, 0.3) is 0 Å². The van der Waals surface area contributed by atoms with E-state index in [1.807, 2.05) is 0 Å². The smallest absolute Gasteiger partial charge is 0.462 e. The van der Waals surface area contributed by atoms with E-state index in [1.54, 1.807) is 0 Å². The number of allylic oxidation sites excluding steroid dienone is 14. The second-order valence-corrected chi connectivity index (χ2v) is 20.6. The van der Waals surface area contributed by atoms with Gasteiger partial charge in [-0.3, -0.25) is 18.6 Å². The van der Waals surface area contributed by atoms with Crippen LogP contribution in [0.1, 0.15) is 258 Å². The Morgan fingerprint density at radius 3 is 1.15 bits per heavy atom. The summed E-state index contributed by atoms with van der Waals surface area (Å²) in [7, 11) is -4.39. The minimum atomic E-state index is -4.39. The second kappa shape index (κ2) is 56.5. The summed E-state index contributed by atoms with van der Waals surface area (Å²) in [6.07, 6.45) is 73.5. The molecule has 0 bridgehead atoms. The van der Waals surface area contributed by atoms with Gasteiger partial charge in [0.2, 0.25) is 0 Å². The number of phosphoric ester groups is 1. The predicted octanol–water partition coefficient (Wildman–Crippen LogP) is 18.3. The molecule has 71 heavy (non-hydrogen) atoms. The first kappa shape index (κ1) is 68.2. The zero-order chi connectivity index (χ0) is 51.7. The third kappa shape index (κ3) is 56.3. The molecule has 3 N–H and O–H groups in total. The van der Waals surface area contributed by atoms with Gasteiger partial charge >= 0.3 is 19.8 Å². The van der Waals surface area contributed by atoms with Gasteiger partial charge < -0.3 is 20.1 Å². The Bertz CT molecular complexity index is 1440. The van der Waals surface area contributed by atoms with Crippen molar-refractivity contribution in [3.63, 3.8) is 0 Å². The summed E-state index contributed by atoms with van der Waals surface area (Å²) in [5.74, 6) is -0.832. The molecule has 0 fully saturated rings. The lowest BCUT2D eigenvalue weighted by Crippen LogP contribution is -2.29. The molecule has 0 heterocycles. The van der Waals surface area contributed by atoms with Crippen molar-refractivity contribution >= 4 is 19.8 Å². The standard InChI is InChI=1S/C61H108NO8P/c1-3-5-7-9-11-13-15-17-19-21-22-23-24-25-26-27-28-29-30-31-32-33-34-35-36-38-40-42-44-46-48-50-52-54-61(64)70-59(58-69-71(65,66)68-56-55-62)57-67-60(63)53-51-49-47-45-43-41-39-37-20-18-16-14-12-10-8-6-4-2/h5,7,11-14,17-20,22-23,25-26,59H,3-4,6,8-10,15-16,21,24,27-58,62H2,1-2H3,(H,65,66)/b7-5-,13-11-,14-12-,19-17-,20-18-,23-22-,26-25-. The Morgan fingerprint density at radius 1 is 0.437 bits per heavy atom. The monoisotopic (exact) mass is 1010 g/mol. The Morgan fingerprint density at radius 2 is 0.775 bits per heavy atom. The molecule has 2 atom stereocenters. The molecule has 2 unspecified atom stereocenters. The highest BCUT2D eigenvalue weighted by Crippen LogP contribution is 2.43. The molecule has 0 amide bonds. The summed E-state index contributed by atoms with van der Waals surface area (Å²) in [4.78, 5) is 35.1. The van der Waals surface area contributed by atoms with Crippen LogP contribution in [0.15, 0.2) is 85.1 Å². The van der Waals surface area contributed by atoms with Crippen molar-refractivity contribution < 1.29 is 37.6 Å². The molecular weight excluding hydrogens is 906 g/mol. The number of carbonyl (C=O) groups is 2. The Hall–Kier alpha value is -2.81. The van der Waals surface area contributed by atoms with Gasteiger partial charge in [-0.15, -0.1) is 0 Å². The van der Waals surface area contributed by atoms with Crippen LogP contribution >= 0.6 is 7.82 Å². The summed E-state index contributed by atoms with van der Waals surface area (Å²) < 4.78 is 33.0. The normalized spacial score (nSPS) is 13.7. The SMILES string of the molecule is CC/C=C\C/C=C\C/C=C\C/C=C\C/C=C\CCCCCCCCCCCCCCCCCCCC(=O)OC(COC(=O)CCCCCCCCC/C=C\C/C=C\CCCCC)COP(=O)(O)OCCN. The van der Waals surface area contributed by atoms with Gasteiger partial charge in [0.15, 0.2) is 6.10 Å². The van der Waals surface area contributed by atoms with Crippen molar-refractivity contribution in [2.45, 2.75) is 264 Å². The van der Waals surface area contributed by atoms with Gasteiger partial charge in [-0.2, -0.15) is 0 Å². The first-order valence-corrected chi connectivity index (χ1v) is 30.6. The maximum Gasteiger partial charge on any atom is 0.472 e. The third-order valence-electron chi connectivity index (χ3n) is 12.3. The van der Waals surface area contributed by atoms with Crippen molar-refractivity contribution in [2.75, 3.05) is 26.4 Å². The first-order chi connectivity index (χ1) is 34.8. The van der Waals surface area contributed by atoms with Crippen LogP contribution in [-0.2, 0) is 32.7 Å². The van der Waals surface area contributed by atoms with Crippen LogP contribution in [0.5, 0.6) is 0 Å². The van der Waals surface area contributed by atoms with Crippen LogP contribution in [0.4, 0.5) is 0 Å². The Labute approximate surface area is 436 Å². The molecule has 0 rings (SSSR count). The summed E-state index contributed by atoms with van der Waals surface area (Å²) in [6.45, 7) is 3.61. The Balaban J connectivity index is 3.92. The van der Waals surface area contributed by atoms with Gasteiger partial charge in [0.05, 0.1) is 13.2 Å². The minimum Gasteiger partial charge on any atom is -0.462 e. The average Bonchev–Trinajstić information content (AvgIpc) is 3.36. The maximum absolute atomic E-state index is 12.7. The molecular formula is C61H108NO8P. The minimum absolute atomic E-state index is 0.0503. The Kier molecular flexibility index (Phi) is 54.2. The van der Waals surface area contributed by atoms with Crippen LogP contribution in [0, 0.1) is 0 Å². The largest absolute Gasteiger partial charge is 0.472 e. The molecule has 0 aromatic heterocycles. The second-order valence-electron chi connectivity index (χ2n) is 19.1. The van der Waals surface area contributed by atoms with E-state index in [1.165, 1.54) is 135 Å². The number of nitrogens with two attached hydrogens (primary N) is 1. The first-order valence-electron chi connectivity index (χ1n) is 29.1. The summed E-state index contributed by atoms with van der Waals surface area (Å²) >= 11 is 0. The summed E-state index contributed by atoms with van der Waals surface area (Å²) in [5.41, 5.74) is 5.38. The van der Waals surface area contributed by atoms with Crippen molar-refractivity contribution in [1.29, 1.82) is 0 Å². The fourth-order valence-electron chi connectivity index (χ4n) is 7.99. The number of unbranched alkanes of at least 4 members (excludes halogenated alkanes) is 27. The molecule has 9 nitrogen and oxygen atoms in total. The molecule has 0 aliphatic heterocycles. The van der Waals surface area contributed by atoms with Crippen molar-refractivity contribution in [3.05, 3.63) is 85.1 Å². The molecule has 0 saturated carbocycles. The molecule has 0 aliphatic rings. The fourth-order valence-corrected chi connectivity index (χ4v) is 8.75. The number of ether oxygens (including phenoxy) is 2. The lowest BCUT2D eigenvalue weighted by atomic mass is 10.0. The van der Waals surface area contributed by atoms with E-state index in [2.05, 4.69) is 98.9 Å². The number of phosphoric acid groups is 1.